The molecule has 108 valence electrons. The largest absolute Gasteiger partial charge is 0.344 e. The maximum absolute atomic E-state index is 12.1. The van der Waals surface area contributed by atoms with Gasteiger partial charge in [-0.25, -0.2) is 0 Å². The summed E-state index contributed by atoms with van der Waals surface area (Å²) in [5.74, 6) is -0.0219. The van der Waals surface area contributed by atoms with Gasteiger partial charge in [0.05, 0.1) is 4.91 Å². The quantitative estimate of drug-likeness (QED) is 0.617. The summed E-state index contributed by atoms with van der Waals surface area (Å²) in [5, 5.41) is 1.16. The SMILES string of the molecule is CC(C)n1cc(/C=C2\SC(=S)N(C)C2=O)c2ccccc21. The van der Waals surface area contributed by atoms with Crippen molar-refractivity contribution < 1.29 is 4.79 Å². The molecule has 0 atom stereocenters. The van der Waals surface area contributed by atoms with Crippen molar-refractivity contribution in [1.29, 1.82) is 0 Å². The molecular formula is C16H16N2OS2. The van der Waals surface area contributed by atoms with Gasteiger partial charge in [-0.2, -0.15) is 0 Å². The van der Waals surface area contributed by atoms with Gasteiger partial charge < -0.3 is 4.57 Å². The van der Waals surface area contributed by atoms with Gasteiger partial charge in [0.25, 0.3) is 5.91 Å². The summed E-state index contributed by atoms with van der Waals surface area (Å²) in [4.78, 5) is 14.3. The fourth-order valence-corrected chi connectivity index (χ4v) is 3.63. The van der Waals surface area contributed by atoms with Crippen molar-refractivity contribution in [2.24, 2.45) is 0 Å². The first kappa shape index (κ1) is 14.4. The molecule has 5 heteroatoms. The highest BCUT2D eigenvalue weighted by Crippen LogP contribution is 2.34. The third-order valence-corrected chi connectivity index (χ3v) is 5.09. The topological polar surface area (TPSA) is 25.2 Å². The standard InChI is InChI=1S/C16H16N2OS2/c1-10(2)18-9-11(12-6-4-5-7-13(12)18)8-14-15(19)17(3)16(20)21-14/h4-10H,1-3H3/b14-8-. The van der Waals surface area contributed by atoms with E-state index in [0.717, 1.165) is 10.9 Å². The van der Waals surface area contributed by atoms with E-state index in [4.69, 9.17) is 12.2 Å². The Morgan fingerprint density at radius 3 is 2.62 bits per heavy atom. The van der Waals surface area contributed by atoms with Gasteiger partial charge >= 0.3 is 0 Å². The Morgan fingerprint density at radius 1 is 1.29 bits per heavy atom. The first-order chi connectivity index (χ1) is 9.99. The molecule has 1 aliphatic heterocycles. The second kappa shape index (κ2) is 5.31. The van der Waals surface area contributed by atoms with Gasteiger partial charge in [0.1, 0.15) is 4.32 Å². The van der Waals surface area contributed by atoms with E-state index in [1.807, 2.05) is 18.2 Å². The van der Waals surface area contributed by atoms with Crippen LogP contribution in [0.1, 0.15) is 25.5 Å². The zero-order valence-electron chi connectivity index (χ0n) is 12.2. The molecule has 21 heavy (non-hydrogen) atoms. The first-order valence-electron chi connectivity index (χ1n) is 6.80. The average Bonchev–Trinajstić information content (AvgIpc) is 2.94. The van der Waals surface area contributed by atoms with Crippen LogP contribution in [-0.2, 0) is 4.79 Å². The Morgan fingerprint density at radius 2 is 2.00 bits per heavy atom. The summed E-state index contributed by atoms with van der Waals surface area (Å²) in [5.41, 5.74) is 2.25. The van der Waals surface area contributed by atoms with Crippen LogP contribution in [0.2, 0.25) is 0 Å². The van der Waals surface area contributed by atoms with Gasteiger partial charge in [-0.05, 0) is 26.0 Å². The number of rotatable bonds is 2. The van der Waals surface area contributed by atoms with E-state index in [2.05, 4.69) is 36.7 Å². The first-order valence-corrected chi connectivity index (χ1v) is 8.02. The van der Waals surface area contributed by atoms with Crippen LogP contribution in [-0.4, -0.2) is 26.7 Å². The van der Waals surface area contributed by atoms with E-state index in [1.165, 1.54) is 22.2 Å². The minimum absolute atomic E-state index is 0.0219. The molecule has 0 N–H and O–H groups in total. The summed E-state index contributed by atoms with van der Waals surface area (Å²) in [7, 11) is 1.72. The van der Waals surface area contributed by atoms with Crippen LogP contribution in [0.4, 0.5) is 0 Å². The van der Waals surface area contributed by atoms with Crippen LogP contribution >= 0.6 is 24.0 Å². The lowest BCUT2D eigenvalue weighted by atomic mass is 10.1. The van der Waals surface area contributed by atoms with Gasteiger partial charge in [-0.1, -0.05) is 42.2 Å². The number of thiocarbonyl (C=S) groups is 1. The van der Waals surface area contributed by atoms with E-state index >= 15 is 0 Å². The Kier molecular flexibility index (Phi) is 3.63. The van der Waals surface area contributed by atoms with Crippen molar-refractivity contribution in [3.8, 4) is 0 Å². The molecule has 0 bridgehead atoms. The minimum Gasteiger partial charge on any atom is -0.344 e. The minimum atomic E-state index is -0.0219. The summed E-state index contributed by atoms with van der Waals surface area (Å²) in [6.07, 6.45) is 4.06. The molecule has 2 aromatic rings. The van der Waals surface area contributed by atoms with Crippen LogP contribution in [0, 0.1) is 0 Å². The van der Waals surface area contributed by atoms with Crippen LogP contribution < -0.4 is 0 Å². The number of para-hydroxylation sites is 1. The fraction of sp³-hybridized carbons (Fsp3) is 0.250. The van der Waals surface area contributed by atoms with Gasteiger partial charge in [0.2, 0.25) is 0 Å². The zero-order chi connectivity index (χ0) is 15.1. The molecule has 2 heterocycles. The van der Waals surface area contributed by atoms with Crippen molar-refractivity contribution in [3.63, 3.8) is 0 Å². The van der Waals surface area contributed by atoms with Crippen LogP contribution in [0.25, 0.3) is 17.0 Å². The fourth-order valence-electron chi connectivity index (χ4n) is 2.46. The van der Waals surface area contributed by atoms with Gasteiger partial charge in [0, 0.05) is 35.8 Å². The Balaban J connectivity index is 2.14. The Labute approximate surface area is 133 Å². The summed E-state index contributed by atoms with van der Waals surface area (Å²) < 4.78 is 2.84. The van der Waals surface area contributed by atoms with Gasteiger partial charge in [0.15, 0.2) is 0 Å². The van der Waals surface area contributed by atoms with Crippen molar-refractivity contribution in [2.45, 2.75) is 19.9 Å². The summed E-state index contributed by atoms with van der Waals surface area (Å²) in [6.45, 7) is 4.31. The lowest BCUT2D eigenvalue weighted by molar-refractivity contribution is -0.121. The normalized spacial score (nSPS) is 17.7. The van der Waals surface area contributed by atoms with E-state index in [-0.39, 0.29) is 5.91 Å². The number of hydrogen-bond acceptors (Lipinski definition) is 3. The van der Waals surface area contributed by atoms with Gasteiger partial charge in [-0.3, -0.25) is 9.69 Å². The van der Waals surface area contributed by atoms with Gasteiger partial charge in [-0.15, -0.1) is 0 Å². The number of hydrogen-bond donors (Lipinski definition) is 0. The monoisotopic (exact) mass is 316 g/mol. The number of nitrogens with zero attached hydrogens (tertiary/aromatic N) is 2. The van der Waals surface area contributed by atoms with E-state index in [0.29, 0.717) is 15.3 Å². The van der Waals surface area contributed by atoms with Crippen molar-refractivity contribution in [3.05, 3.63) is 40.9 Å². The molecule has 1 fully saturated rings. The zero-order valence-corrected chi connectivity index (χ0v) is 13.8. The number of benzene rings is 1. The number of aromatic nitrogens is 1. The highest BCUT2D eigenvalue weighted by atomic mass is 32.2. The third kappa shape index (κ3) is 2.40. The van der Waals surface area contributed by atoms with E-state index < -0.39 is 0 Å². The molecule has 0 unspecified atom stereocenters. The Bertz CT molecular complexity index is 774. The molecule has 1 amide bonds. The molecule has 3 nitrogen and oxygen atoms in total. The van der Waals surface area contributed by atoms with E-state index in [1.54, 1.807) is 7.05 Å². The highest BCUT2D eigenvalue weighted by molar-refractivity contribution is 8.26. The molecule has 1 aromatic heterocycles. The predicted octanol–water partition coefficient (Wildman–Crippen LogP) is 4.05. The van der Waals surface area contributed by atoms with Crippen molar-refractivity contribution in [2.75, 3.05) is 7.05 Å². The number of likely N-dealkylation sites (N-methyl/N-ethyl adjacent to an activating group) is 1. The van der Waals surface area contributed by atoms with Crippen molar-refractivity contribution in [1.82, 2.24) is 9.47 Å². The lowest BCUT2D eigenvalue weighted by Crippen LogP contribution is -2.22. The molecule has 3 rings (SSSR count). The summed E-state index contributed by atoms with van der Waals surface area (Å²) in [6, 6.07) is 8.63. The van der Waals surface area contributed by atoms with Crippen LogP contribution in [0.3, 0.4) is 0 Å². The van der Waals surface area contributed by atoms with Crippen molar-refractivity contribution >= 4 is 51.2 Å². The molecule has 0 aliphatic carbocycles. The molecule has 1 saturated heterocycles. The Hall–Kier alpha value is -1.59. The number of fused-ring (bicyclic) bond motifs is 1. The second-order valence-electron chi connectivity index (χ2n) is 5.34. The molecule has 1 aliphatic rings. The number of thioether (sulfide) groups is 1. The molecule has 1 aromatic carbocycles. The molecule has 0 spiro atoms. The highest BCUT2D eigenvalue weighted by Gasteiger charge is 2.29. The molecular weight excluding hydrogens is 300 g/mol. The predicted molar refractivity (Wildman–Crippen MR) is 93.3 cm³/mol. The maximum Gasteiger partial charge on any atom is 0.265 e. The summed E-state index contributed by atoms with van der Waals surface area (Å²) >= 11 is 6.54. The lowest BCUT2D eigenvalue weighted by Gasteiger charge is -2.08. The molecule has 0 saturated carbocycles. The number of amides is 1. The third-order valence-electron chi connectivity index (χ3n) is 3.60. The maximum atomic E-state index is 12.1. The van der Waals surface area contributed by atoms with E-state index in [9.17, 15) is 4.79 Å². The number of carbonyl (C=O) groups excluding carboxylic acids is 1. The molecule has 0 radical (unpaired) electrons. The smallest absolute Gasteiger partial charge is 0.265 e. The van der Waals surface area contributed by atoms with Crippen LogP contribution in [0.15, 0.2) is 35.4 Å². The van der Waals surface area contributed by atoms with Crippen LogP contribution in [0.5, 0.6) is 0 Å². The second-order valence-corrected chi connectivity index (χ2v) is 7.02. The average molecular weight is 316 g/mol. The number of carbonyl (C=O) groups is 1.